The third kappa shape index (κ3) is 7.15. The molecule has 0 radical (unpaired) electrons. The highest BCUT2D eigenvalue weighted by atomic mass is 14.3. The zero-order valence-electron chi connectivity index (χ0n) is 42.7. The lowest BCUT2D eigenvalue weighted by molar-refractivity contribution is 1.55. The molecule has 0 saturated heterocycles. The van der Waals surface area contributed by atoms with Crippen LogP contribution in [0.1, 0.15) is 50.1 Å². The molecule has 16 rings (SSSR count). The van der Waals surface area contributed by atoms with E-state index < -0.39 is 0 Å². The molecule has 78 heavy (non-hydrogen) atoms. The Kier molecular flexibility index (Phi) is 10.0. The van der Waals surface area contributed by atoms with Crippen LogP contribution in [-0.4, -0.2) is 0 Å². The fraction of sp³-hybridized carbons (Fsp3) is 0. The Morgan fingerprint density at radius 2 is 0.436 bits per heavy atom. The van der Waals surface area contributed by atoms with Crippen LogP contribution in [0.5, 0.6) is 0 Å². The fourth-order valence-corrected chi connectivity index (χ4v) is 13.0. The van der Waals surface area contributed by atoms with Gasteiger partial charge in [0.05, 0.1) is 0 Å². The first-order valence-electron chi connectivity index (χ1n) is 27.1. The second-order valence-electron chi connectivity index (χ2n) is 21.1. The van der Waals surface area contributed by atoms with Crippen LogP contribution in [-0.2, 0) is 0 Å². The maximum Gasteiger partial charge on any atom is -0.00926 e. The summed E-state index contributed by atoms with van der Waals surface area (Å²) in [5, 5.41) is 7.52. The number of hydrogen-bond acceptors (Lipinski definition) is 0. The zero-order chi connectivity index (χ0) is 51.3. The van der Waals surface area contributed by atoms with E-state index in [0.29, 0.717) is 0 Å². The van der Waals surface area contributed by atoms with E-state index >= 15 is 0 Å². The molecule has 360 valence electrons. The van der Waals surface area contributed by atoms with E-state index in [-0.39, 0.29) is 0 Å². The van der Waals surface area contributed by atoms with Gasteiger partial charge in [0.15, 0.2) is 0 Å². The van der Waals surface area contributed by atoms with Crippen molar-refractivity contribution < 1.29 is 0 Å². The van der Waals surface area contributed by atoms with Crippen LogP contribution in [0.15, 0.2) is 273 Å². The van der Waals surface area contributed by atoms with E-state index in [4.69, 9.17) is 0 Å². The number of fused-ring (bicyclic) bond motifs is 12. The Bertz CT molecular complexity index is 4560. The molecule has 0 bridgehead atoms. The summed E-state index contributed by atoms with van der Waals surface area (Å²) in [5.41, 5.74) is 29.7. The standard InChI is InChI=1S/C78H48/c1-4-25-61-49(16-1)19-13-22-55(61)46-74-69-33-12-11-32-68(69)73-43-52(36-39-72(73)74)58-40-59(53-34-37-70-64-28-7-9-30-66(64)77(75(70)44-53)47-56-23-14-20-50-17-2-5-26-62(50)56)42-60(41-58)54-35-38-71-65-29-8-10-31-67(65)78(76(71)45-54)48-57-24-15-21-51-18-3-6-27-63(51)57/h1-48H/b74-46-,77-47+,78-48+. The lowest BCUT2D eigenvalue weighted by atomic mass is 9.89. The third-order valence-corrected chi connectivity index (χ3v) is 16.8. The summed E-state index contributed by atoms with van der Waals surface area (Å²) in [5.74, 6) is 0. The third-order valence-electron chi connectivity index (χ3n) is 16.8. The lowest BCUT2D eigenvalue weighted by Gasteiger charge is -2.15. The van der Waals surface area contributed by atoms with Crippen LogP contribution in [0.25, 0.3) is 134 Å². The maximum absolute atomic E-state index is 2.45. The molecule has 0 N–H and O–H groups in total. The summed E-state index contributed by atoms with van der Waals surface area (Å²) in [6.45, 7) is 0. The Labute approximate surface area is 454 Å². The molecule has 0 amide bonds. The van der Waals surface area contributed by atoms with E-state index in [0.717, 1.165) is 0 Å². The van der Waals surface area contributed by atoms with Crippen molar-refractivity contribution in [2.75, 3.05) is 0 Å². The molecular formula is C78H48. The van der Waals surface area contributed by atoms with Crippen LogP contribution in [0.4, 0.5) is 0 Å². The van der Waals surface area contributed by atoms with Crippen molar-refractivity contribution >= 4 is 67.3 Å². The van der Waals surface area contributed by atoms with Gasteiger partial charge in [-0.1, -0.05) is 237 Å². The van der Waals surface area contributed by atoms with E-state index in [2.05, 4.69) is 291 Å². The highest BCUT2D eigenvalue weighted by molar-refractivity contribution is 6.13. The van der Waals surface area contributed by atoms with E-state index in [9.17, 15) is 0 Å². The van der Waals surface area contributed by atoms with Gasteiger partial charge in [-0.15, -0.1) is 0 Å². The molecule has 13 aromatic carbocycles. The van der Waals surface area contributed by atoms with Crippen LogP contribution < -0.4 is 0 Å². The maximum atomic E-state index is 2.45. The molecule has 13 aromatic rings. The van der Waals surface area contributed by atoms with Crippen molar-refractivity contribution in [3.8, 4) is 66.8 Å². The Balaban J connectivity index is 0.884. The molecule has 3 aliphatic rings. The SMILES string of the molecule is C(=C1\c2ccccc2-c2cc(-c3cc(-c4ccc5c(c4)/C(=C/c4cccc6ccccc46)c4ccccc4-5)cc(-c4ccc5c(c4)/C(=C/c4cccc6ccccc46)c4ccccc4-5)c3)ccc21)/c1cccc2ccccc12. The summed E-state index contributed by atoms with van der Waals surface area (Å²) >= 11 is 0. The molecule has 0 unspecified atom stereocenters. The minimum Gasteiger partial charge on any atom is -0.0616 e. The Morgan fingerprint density at radius 3 is 0.833 bits per heavy atom. The van der Waals surface area contributed by atoms with Gasteiger partial charge in [-0.25, -0.2) is 0 Å². The first kappa shape index (κ1) is 44.2. The largest absolute Gasteiger partial charge is 0.0616 e. The highest BCUT2D eigenvalue weighted by Gasteiger charge is 2.28. The molecule has 3 aliphatic carbocycles. The van der Waals surface area contributed by atoms with Gasteiger partial charge in [0.2, 0.25) is 0 Å². The first-order valence-corrected chi connectivity index (χ1v) is 27.1. The molecule has 0 fully saturated rings. The molecule has 0 heterocycles. The van der Waals surface area contributed by atoms with Gasteiger partial charge in [-0.3, -0.25) is 0 Å². The van der Waals surface area contributed by atoms with Gasteiger partial charge < -0.3 is 0 Å². The molecule has 0 spiro atoms. The van der Waals surface area contributed by atoms with Gasteiger partial charge in [-0.05, 0) is 220 Å². The summed E-state index contributed by atoms with van der Waals surface area (Å²) in [4.78, 5) is 0. The van der Waals surface area contributed by atoms with Gasteiger partial charge in [-0.2, -0.15) is 0 Å². The normalized spacial score (nSPS) is 14.2. The zero-order valence-corrected chi connectivity index (χ0v) is 42.7. The quantitative estimate of drug-likeness (QED) is 0.156. The number of benzene rings is 13. The second kappa shape index (κ2) is 17.7. The predicted molar refractivity (Wildman–Crippen MR) is 332 cm³/mol. The molecule has 0 aliphatic heterocycles. The molecule has 0 saturated carbocycles. The van der Waals surface area contributed by atoms with Crippen LogP contribution in [0.3, 0.4) is 0 Å². The van der Waals surface area contributed by atoms with E-state index in [1.54, 1.807) is 0 Å². The number of hydrogen-bond donors (Lipinski definition) is 0. The van der Waals surface area contributed by atoms with Gasteiger partial charge in [0.1, 0.15) is 0 Å². The molecule has 0 aromatic heterocycles. The molecule has 0 atom stereocenters. The lowest BCUT2D eigenvalue weighted by Crippen LogP contribution is -1.90. The van der Waals surface area contributed by atoms with Crippen LogP contribution in [0.2, 0.25) is 0 Å². The minimum atomic E-state index is 1.18. The fourth-order valence-electron chi connectivity index (χ4n) is 13.0. The predicted octanol–water partition coefficient (Wildman–Crippen LogP) is 20.9. The monoisotopic (exact) mass is 984 g/mol. The van der Waals surface area contributed by atoms with Crippen molar-refractivity contribution in [3.05, 3.63) is 323 Å². The molecule has 0 nitrogen and oxygen atoms in total. The Morgan fingerprint density at radius 1 is 0.167 bits per heavy atom. The highest BCUT2D eigenvalue weighted by Crippen LogP contribution is 2.51. The van der Waals surface area contributed by atoms with Crippen molar-refractivity contribution in [1.29, 1.82) is 0 Å². The average molecular weight is 985 g/mol. The Hall–Kier alpha value is -10.1. The molecular weight excluding hydrogens is 937 g/mol. The number of rotatable bonds is 6. The summed E-state index contributed by atoms with van der Waals surface area (Å²) < 4.78 is 0. The second-order valence-corrected chi connectivity index (χ2v) is 21.1. The first-order chi connectivity index (χ1) is 38.6. The van der Waals surface area contributed by atoms with Crippen LogP contribution >= 0.6 is 0 Å². The van der Waals surface area contributed by atoms with E-state index in [1.807, 2.05) is 0 Å². The van der Waals surface area contributed by atoms with Gasteiger partial charge in [0.25, 0.3) is 0 Å². The smallest absolute Gasteiger partial charge is 0.00926 e. The summed E-state index contributed by atoms with van der Waals surface area (Å²) in [7, 11) is 0. The topological polar surface area (TPSA) is 0 Å². The van der Waals surface area contributed by atoms with Crippen molar-refractivity contribution in [3.63, 3.8) is 0 Å². The average Bonchev–Trinajstić information content (AvgIpc) is 4.21. The summed E-state index contributed by atoms with van der Waals surface area (Å²) in [6.07, 6.45) is 7.22. The van der Waals surface area contributed by atoms with Gasteiger partial charge >= 0.3 is 0 Å². The molecule has 0 heteroatoms. The van der Waals surface area contributed by atoms with E-state index in [1.165, 1.54) is 166 Å². The minimum absolute atomic E-state index is 1.18. The summed E-state index contributed by atoms with van der Waals surface area (Å²) in [6, 6.07) is 102. The van der Waals surface area contributed by atoms with Crippen LogP contribution in [0, 0.1) is 0 Å². The van der Waals surface area contributed by atoms with Crippen molar-refractivity contribution in [1.82, 2.24) is 0 Å². The van der Waals surface area contributed by atoms with Crippen molar-refractivity contribution in [2.24, 2.45) is 0 Å². The van der Waals surface area contributed by atoms with Gasteiger partial charge in [0, 0.05) is 0 Å². The van der Waals surface area contributed by atoms with Crippen molar-refractivity contribution in [2.45, 2.75) is 0 Å².